The van der Waals surface area contributed by atoms with Crippen LogP contribution in [-0.4, -0.2) is 27.1 Å². The minimum absolute atomic E-state index is 0.0412. The minimum atomic E-state index is -3.78. The highest BCUT2D eigenvalue weighted by Crippen LogP contribution is 2.67. The van der Waals surface area contributed by atoms with Crippen molar-refractivity contribution in [2.24, 2.45) is 39.9 Å². The van der Waals surface area contributed by atoms with Gasteiger partial charge in [-0.05, 0) is 104 Å². The SMILES string of the molecule is Cc1ccc(S(=O)(=O)OC[C@@H](C)[C@H]2CC[C@H]3C4=CC=C5C(C)(C)C(OC(=O)c6ccccc6)CC[C@]5(C)[C@H]4CC[C@]23C)cc1. The lowest BCUT2D eigenvalue weighted by Crippen LogP contribution is -2.52. The molecule has 0 aliphatic heterocycles. The van der Waals surface area contributed by atoms with Gasteiger partial charge >= 0.3 is 5.97 Å². The average Bonchev–Trinajstić information content (AvgIpc) is 3.35. The summed E-state index contributed by atoms with van der Waals surface area (Å²) in [6, 6.07) is 16.2. The molecule has 4 aliphatic carbocycles. The average molecular weight is 617 g/mol. The molecule has 3 fully saturated rings. The number of aryl methyl sites for hydroxylation is 1. The highest BCUT2D eigenvalue weighted by molar-refractivity contribution is 7.86. The van der Waals surface area contributed by atoms with Crippen LogP contribution < -0.4 is 0 Å². The number of fused-ring (bicyclic) bond motifs is 5. The summed E-state index contributed by atoms with van der Waals surface area (Å²) in [7, 11) is -3.78. The normalized spacial score (nSPS) is 33.2. The Morgan fingerprint density at radius 1 is 0.886 bits per heavy atom. The molecule has 7 atom stereocenters. The maximum Gasteiger partial charge on any atom is 0.338 e. The quantitative estimate of drug-likeness (QED) is 0.230. The van der Waals surface area contributed by atoms with Crippen LogP contribution in [0.1, 0.15) is 89.1 Å². The first-order valence-corrected chi connectivity index (χ1v) is 17.8. The van der Waals surface area contributed by atoms with Crippen molar-refractivity contribution >= 4 is 16.1 Å². The van der Waals surface area contributed by atoms with E-state index in [0.29, 0.717) is 23.3 Å². The number of rotatable bonds is 7. The lowest BCUT2D eigenvalue weighted by molar-refractivity contribution is -0.0396. The number of hydrogen-bond donors (Lipinski definition) is 0. The number of benzene rings is 2. The zero-order valence-electron chi connectivity index (χ0n) is 27.1. The molecule has 0 amide bonds. The van der Waals surface area contributed by atoms with Crippen molar-refractivity contribution in [3.63, 3.8) is 0 Å². The zero-order valence-corrected chi connectivity index (χ0v) is 28.0. The van der Waals surface area contributed by atoms with E-state index in [2.05, 4.69) is 46.8 Å². The van der Waals surface area contributed by atoms with Crippen LogP contribution in [-0.2, 0) is 19.0 Å². The molecule has 0 N–H and O–H groups in total. The molecule has 0 spiro atoms. The maximum absolute atomic E-state index is 13.0. The van der Waals surface area contributed by atoms with E-state index in [1.165, 1.54) is 5.57 Å². The van der Waals surface area contributed by atoms with E-state index in [1.807, 2.05) is 49.4 Å². The minimum Gasteiger partial charge on any atom is -0.458 e. The van der Waals surface area contributed by atoms with Crippen molar-refractivity contribution in [1.29, 1.82) is 0 Å². The summed E-state index contributed by atoms with van der Waals surface area (Å²) < 4.78 is 37.7. The van der Waals surface area contributed by atoms with Crippen LogP contribution in [0, 0.1) is 46.8 Å². The fraction of sp³-hybridized carbons (Fsp3) is 0.553. The van der Waals surface area contributed by atoms with Gasteiger partial charge in [-0.3, -0.25) is 4.18 Å². The maximum atomic E-state index is 13.0. The van der Waals surface area contributed by atoms with Crippen molar-refractivity contribution in [3.05, 3.63) is 89.0 Å². The molecule has 0 heterocycles. The molecule has 5 nitrogen and oxygen atoms in total. The number of ether oxygens (including phenoxy) is 1. The van der Waals surface area contributed by atoms with Crippen molar-refractivity contribution in [1.82, 2.24) is 0 Å². The van der Waals surface area contributed by atoms with Crippen LogP contribution >= 0.6 is 0 Å². The monoisotopic (exact) mass is 616 g/mol. The molecule has 2 aromatic carbocycles. The van der Waals surface area contributed by atoms with Gasteiger partial charge in [0.25, 0.3) is 10.1 Å². The Hall–Kier alpha value is -2.70. The Bertz CT molecular complexity index is 1570. The summed E-state index contributed by atoms with van der Waals surface area (Å²) in [6.07, 6.45) is 11.0. The standard InChI is InChI=1S/C38H48O5S/c1-25-12-14-28(15-13-25)44(40,41)42-24-26(2)30-17-18-31-29-16-19-33-36(3,4)34(43-35(39)27-10-8-7-9-11-27)21-23-38(33,6)32(29)20-22-37(30,31)5/h7-16,19,26,30-32,34H,17-18,20-24H2,1-6H3/t26-,30-,31+,32+,34?,37-,38-/m1/s1. The molecule has 6 rings (SSSR count). The van der Waals surface area contributed by atoms with Gasteiger partial charge in [-0.1, -0.05) is 93.8 Å². The van der Waals surface area contributed by atoms with Crippen LogP contribution in [0.15, 0.2) is 82.8 Å². The molecule has 6 heteroatoms. The van der Waals surface area contributed by atoms with E-state index in [1.54, 1.807) is 17.7 Å². The van der Waals surface area contributed by atoms with Gasteiger partial charge in [-0.25, -0.2) is 4.79 Å². The second-order valence-electron chi connectivity index (χ2n) is 15.0. The number of carbonyl (C=O) groups is 1. The van der Waals surface area contributed by atoms with Gasteiger partial charge in [0.1, 0.15) is 6.10 Å². The Labute approximate surface area is 264 Å². The molecule has 0 aromatic heterocycles. The summed E-state index contributed by atoms with van der Waals surface area (Å²) >= 11 is 0. The highest BCUT2D eigenvalue weighted by atomic mass is 32.2. The smallest absolute Gasteiger partial charge is 0.338 e. The fourth-order valence-corrected chi connectivity index (χ4v) is 10.7. The lowest BCUT2D eigenvalue weighted by Gasteiger charge is -2.58. The molecule has 3 saturated carbocycles. The van der Waals surface area contributed by atoms with Crippen molar-refractivity contribution in [2.75, 3.05) is 6.61 Å². The van der Waals surface area contributed by atoms with Crippen molar-refractivity contribution in [3.8, 4) is 0 Å². The van der Waals surface area contributed by atoms with Crippen LogP contribution in [0.25, 0.3) is 0 Å². The molecular formula is C38H48O5S. The molecule has 0 bridgehead atoms. The Balaban J connectivity index is 1.19. The van der Waals surface area contributed by atoms with E-state index < -0.39 is 10.1 Å². The van der Waals surface area contributed by atoms with Crippen molar-refractivity contribution in [2.45, 2.75) is 91.1 Å². The van der Waals surface area contributed by atoms with Gasteiger partial charge in [-0.2, -0.15) is 8.42 Å². The second kappa shape index (κ2) is 11.3. The Morgan fingerprint density at radius 2 is 1.59 bits per heavy atom. The van der Waals surface area contributed by atoms with Crippen LogP contribution in [0.4, 0.5) is 0 Å². The topological polar surface area (TPSA) is 69.7 Å². The number of carbonyl (C=O) groups excluding carboxylic acids is 1. The second-order valence-corrected chi connectivity index (χ2v) is 16.7. The largest absolute Gasteiger partial charge is 0.458 e. The predicted octanol–water partition coefficient (Wildman–Crippen LogP) is 8.70. The summed E-state index contributed by atoms with van der Waals surface area (Å²) in [5.41, 5.74) is 4.53. The highest BCUT2D eigenvalue weighted by Gasteiger charge is 2.59. The first-order chi connectivity index (χ1) is 20.8. The molecule has 1 unspecified atom stereocenters. The molecular weight excluding hydrogens is 568 g/mol. The van der Waals surface area contributed by atoms with Gasteiger partial charge < -0.3 is 4.74 Å². The summed E-state index contributed by atoms with van der Waals surface area (Å²) in [5.74, 6) is 1.29. The summed E-state index contributed by atoms with van der Waals surface area (Å²) in [6.45, 7) is 13.7. The Morgan fingerprint density at radius 3 is 2.30 bits per heavy atom. The Kier molecular flexibility index (Phi) is 8.02. The third-order valence-electron chi connectivity index (χ3n) is 12.2. The number of allylic oxidation sites excluding steroid dienone is 3. The number of esters is 1. The molecule has 44 heavy (non-hydrogen) atoms. The first-order valence-electron chi connectivity index (χ1n) is 16.4. The van der Waals surface area contributed by atoms with E-state index in [9.17, 15) is 13.2 Å². The molecule has 236 valence electrons. The van der Waals surface area contributed by atoms with Gasteiger partial charge in [0, 0.05) is 5.41 Å². The van der Waals surface area contributed by atoms with E-state index >= 15 is 0 Å². The van der Waals surface area contributed by atoms with Gasteiger partial charge in [0.05, 0.1) is 17.1 Å². The van der Waals surface area contributed by atoms with Crippen LogP contribution in [0.5, 0.6) is 0 Å². The van der Waals surface area contributed by atoms with E-state index in [4.69, 9.17) is 8.92 Å². The predicted molar refractivity (Wildman–Crippen MR) is 173 cm³/mol. The van der Waals surface area contributed by atoms with E-state index in [0.717, 1.165) is 44.1 Å². The zero-order chi connectivity index (χ0) is 31.5. The lowest BCUT2D eigenvalue weighted by atomic mass is 9.47. The van der Waals surface area contributed by atoms with Crippen LogP contribution in [0.3, 0.4) is 0 Å². The van der Waals surface area contributed by atoms with Gasteiger partial charge in [0.15, 0.2) is 0 Å². The summed E-state index contributed by atoms with van der Waals surface area (Å²) in [4.78, 5) is 13.2. The first kappa shape index (κ1) is 31.3. The third-order valence-corrected chi connectivity index (χ3v) is 13.5. The molecule has 2 aromatic rings. The molecule has 0 radical (unpaired) electrons. The van der Waals surface area contributed by atoms with Crippen LogP contribution in [0.2, 0.25) is 0 Å². The molecule has 0 saturated heterocycles. The van der Waals surface area contributed by atoms with E-state index in [-0.39, 0.29) is 45.7 Å². The molecule has 4 aliphatic rings. The summed E-state index contributed by atoms with van der Waals surface area (Å²) in [5, 5.41) is 0. The van der Waals surface area contributed by atoms with Gasteiger partial charge in [-0.15, -0.1) is 0 Å². The van der Waals surface area contributed by atoms with Crippen molar-refractivity contribution < 1.29 is 22.1 Å². The fourth-order valence-electron chi connectivity index (χ4n) is 9.74. The third kappa shape index (κ3) is 5.20. The number of hydrogen-bond acceptors (Lipinski definition) is 5. The van der Waals surface area contributed by atoms with Gasteiger partial charge in [0.2, 0.25) is 0 Å².